The fraction of sp³-hybridized carbons (Fsp3) is 0.250. The van der Waals surface area contributed by atoms with Crippen LogP contribution in [0.1, 0.15) is 15.9 Å². The summed E-state index contributed by atoms with van der Waals surface area (Å²) in [7, 11) is 0. The number of nitrogens with zero attached hydrogens (tertiary/aromatic N) is 3. The molecule has 1 aliphatic heterocycles. The lowest BCUT2D eigenvalue weighted by molar-refractivity contribution is -0.137. The molecule has 9 heteroatoms. The molecule has 0 bridgehead atoms. The molecule has 2 aromatic carbocycles. The molecule has 0 spiro atoms. The number of rotatable bonds is 3. The van der Waals surface area contributed by atoms with E-state index in [0.717, 1.165) is 36.4 Å². The molecule has 29 heavy (non-hydrogen) atoms. The topological polar surface area (TPSA) is 67.4 Å². The highest BCUT2D eigenvalue weighted by atomic mass is 19.4. The summed E-state index contributed by atoms with van der Waals surface area (Å²) in [4.78, 5) is 23.1. The molecule has 1 N–H and O–H groups in total. The van der Waals surface area contributed by atoms with Gasteiger partial charge in [0.2, 0.25) is 0 Å². The van der Waals surface area contributed by atoms with E-state index in [1.54, 1.807) is 18.2 Å². The Bertz CT molecular complexity index is 1050. The third-order valence-electron chi connectivity index (χ3n) is 4.64. The van der Waals surface area contributed by atoms with Gasteiger partial charge in [0.1, 0.15) is 12.1 Å². The summed E-state index contributed by atoms with van der Waals surface area (Å²) < 4.78 is 44.0. The summed E-state index contributed by atoms with van der Waals surface area (Å²) >= 11 is 0. The maximum Gasteiger partial charge on any atom is 0.416 e. The van der Waals surface area contributed by atoms with Crippen molar-refractivity contribution in [3.05, 3.63) is 59.9 Å². The minimum atomic E-state index is -4.51. The molecule has 1 aliphatic rings. The molecule has 0 radical (unpaired) electrons. The number of benzene rings is 2. The summed E-state index contributed by atoms with van der Waals surface area (Å²) in [6, 6.07) is 9.45. The Morgan fingerprint density at radius 2 is 1.86 bits per heavy atom. The molecule has 1 aromatic heterocycles. The van der Waals surface area contributed by atoms with Gasteiger partial charge in [0.15, 0.2) is 0 Å². The van der Waals surface area contributed by atoms with Crippen LogP contribution in [0.5, 0.6) is 0 Å². The zero-order valence-corrected chi connectivity index (χ0v) is 15.2. The Labute approximate surface area is 164 Å². The molecular weight excluding hydrogens is 385 g/mol. The van der Waals surface area contributed by atoms with Crippen molar-refractivity contribution in [1.29, 1.82) is 0 Å². The van der Waals surface area contributed by atoms with Crippen LogP contribution in [0.2, 0.25) is 0 Å². The number of hydrogen-bond donors (Lipinski definition) is 1. The molecule has 3 aromatic rings. The van der Waals surface area contributed by atoms with Crippen molar-refractivity contribution in [2.75, 3.05) is 36.5 Å². The van der Waals surface area contributed by atoms with Crippen molar-refractivity contribution < 1.29 is 22.7 Å². The van der Waals surface area contributed by atoms with Gasteiger partial charge in [-0.05, 0) is 36.4 Å². The minimum absolute atomic E-state index is 0.0726. The Balaban J connectivity index is 1.58. The van der Waals surface area contributed by atoms with Crippen LogP contribution in [0.15, 0.2) is 48.8 Å². The highest BCUT2D eigenvalue weighted by Gasteiger charge is 2.30. The first-order chi connectivity index (χ1) is 13.9. The minimum Gasteiger partial charge on any atom is -0.378 e. The number of aromatic nitrogens is 2. The van der Waals surface area contributed by atoms with Crippen LogP contribution in [0.25, 0.3) is 10.9 Å². The molecule has 0 unspecified atom stereocenters. The number of hydrogen-bond acceptors (Lipinski definition) is 5. The Kier molecular flexibility index (Phi) is 5.06. The van der Waals surface area contributed by atoms with E-state index >= 15 is 0 Å². The zero-order chi connectivity index (χ0) is 20.4. The number of fused-ring (bicyclic) bond motifs is 1. The van der Waals surface area contributed by atoms with Crippen molar-refractivity contribution in [2.45, 2.75) is 6.18 Å². The smallest absolute Gasteiger partial charge is 0.378 e. The van der Waals surface area contributed by atoms with Gasteiger partial charge in [-0.2, -0.15) is 13.2 Å². The number of ether oxygens (including phenoxy) is 1. The summed E-state index contributed by atoms with van der Waals surface area (Å²) in [5, 5.41) is 3.45. The van der Waals surface area contributed by atoms with Crippen LogP contribution >= 0.6 is 0 Å². The highest BCUT2D eigenvalue weighted by molar-refractivity contribution is 6.05. The first-order valence-corrected chi connectivity index (χ1v) is 8.98. The standard InChI is InChI=1S/C20H17F3N4O2/c21-20(22,23)14-3-1-2-13(10-14)19(28)26-15-4-5-16-17(11-15)24-12-25-18(16)27-6-8-29-9-7-27/h1-5,10-12H,6-9H2,(H,26,28). The molecule has 150 valence electrons. The molecule has 0 saturated carbocycles. The number of carbonyl (C=O) groups is 1. The van der Waals surface area contributed by atoms with Gasteiger partial charge in [-0.15, -0.1) is 0 Å². The van der Waals surface area contributed by atoms with E-state index in [0.29, 0.717) is 24.4 Å². The van der Waals surface area contributed by atoms with Crippen molar-refractivity contribution in [3.8, 4) is 0 Å². The molecule has 6 nitrogen and oxygen atoms in total. The Morgan fingerprint density at radius 1 is 1.07 bits per heavy atom. The maximum absolute atomic E-state index is 12.9. The normalized spacial score (nSPS) is 14.8. The van der Waals surface area contributed by atoms with Gasteiger partial charge in [0, 0.05) is 29.7 Å². The van der Waals surface area contributed by atoms with Crippen molar-refractivity contribution in [3.63, 3.8) is 0 Å². The Hall–Kier alpha value is -3.20. The van der Waals surface area contributed by atoms with Crippen molar-refractivity contribution in [2.24, 2.45) is 0 Å². The number of morpholine rings is 1. The van der Waals surface area contributed by atoms with E-state index in [9.17, 15) is 18.0 Å². The van der Waals surface area contributed by atoms with E-state index < -0.39 is 17.6 Å². The van der Waals surface area contributed by atoms with Gasteiger partial charge < -0.3 is 15.0 Å². The van der Waals surface area contributed by atoms with Crippen LogP contribution < -0.4 is 10.2 Å². The van der Waals surface area contributed by atoms with Crippen molar-refractivity contribution >= 4 is 28.3 Å². The van der Waals surface area contributed by atoms with Crippen molar-refractivity contribution in [1.82, 2.24) is 9.97 Å². The number of carbonyl (C=O) groups excluding carboxylic acids is 1. The second-order valence-electron chi connectivity index (χ2n) is 6.56. The average molecular weight is 402 g/mol. The fourth-order valence-electron chi connectivity index (χ4n) is 3.19. The molecule has 4 rings (SSSR count). The molecule has 0 atom stereocenters. The molecule has 0 aliphatic carbocycles. The van der Waals surface area contributed by atoms with Gasteiger partial charge in [-0.1, -0.05) is 6.07 Å². The third-order valence-corrected chi connectivity index (χ3v) is 4.64. The molecule has 2 heterocycles. The lowest BCUT2D eigenvalue weighted by Gasteiger charge is -2.28. The predicted molar refractivity (Wildman–Crippen MR) is 102 cm³/mol. The van der Waals surface area contributed by atoms with E-state index in [4.69, 9.17) is 4.74 Å². The first kappa shape index (κ1) is 19.1. The number of halogens is 3. The largest absolute Gasteiger partial charge is 0.416 e. The second-order valence-corrected chi connectivity index (χ2v) is 6.56. The number of anilines is 2. The van der Waals surface area contributed by atoms with E-state index in [1.165, 1.54) is 18.5 Å². The van der Waals surface area contributed by atoms with Crippen LogP contribution in [0, 0.1) is 0 Å². The summed E-state index contributed by atoms with van der Waals surface area (Å²) in [5.74, 6) is 0.159. The van der Waals surface area contributed by atoms with Gasteiger partial charge in [-0.3, -0.25) is 4.79 Å². The van der Waals surface area contributed by atoms with Gasteiger partial charge in [0.25, 0.3) is 5.91 Å². The SMILES string of the molecule is O=C(Nc1ccc2c(N3CCOCC3)ncnc2c1)c1cccc(C(F)(F)F)c1. The molecule has 1 amide bonds. The molecular formula is C20H17F3N4O2. The summed E-state index contributed by atoms with van der Waals surface area (Å²) in [5.41, 5.74) is 0.123. The third kappa shape index (κ3) is 4.14. The fourth-order valence-corrected chi connectivity index (χ4v) is 3.19. The van der Waals surface area contributed by atoms with Gasteiger partial charge in [0.05, 0.1) is 24.3 Å². The highest BCUT2D eigenvalue weighted by Crippen LogP contribution is 2.30. The quantitative estimate of drug-likeness (QED) is 0.723. The van der Waals surface area contributed by atoms with E-state index in [-0.39, 0.29) is 5.56 Å². The lowest BCUT2D eigenvalue weighted by atomic mass is 10.1. The summed E-state index contributed by atoms with van der Waals surface area (Å²) in [6.45, 7) is 2.69. The van der Waals surface area contributed by atoms with E-state index in [1.807, 2.05) is 0 Å². The number of alkyl halides is 3. The van der Waals surface area contributed by atoms with Crippen LogP contribution in [0.4, 0.5) is 24.7 Å². The van der Waals surface area contributed by atoms with Crippen LogP contribution in [-0.2, 0) is 10.9 Å². The van der Waals surface area contributed by atoms with Gasteiger partial charge in [-0.25, -0.2) is 9.97 Å². The molecule has 1 fully saturated rings. The Morgan fingerprint density at radius 3 is 2.62 bits per heavy atom. The predicted octanol–water partition coefficient (Wildman–Crippen LogP) is 3.74. The van der Waals surface area contributed by atoms with Gasteiger partial charge >= 0.3 is 6.18 Å². The van der Waals surface area contributed by atoms with E-state index in [2.05, 4.69) is 20.2 Å². The zero-order valence-electron chi connectivity index (χ0n) is 15.2. The first-order valence-electron chi connectivity index (χ1n) is 8.98. The number of nitrogens with one attached hydrogen (secondary N) is 1. The maximum atomic E-state index is 12.9. The van der Waals surface area contributed by atoms with Crippen LogP contribution in [0.3, 0.4) is 0 Å². The number of amides is 1. The lowest BCUT2D eigenvalue weighted by Crippen LogP contribution is -2.36. The average Bonchev–Trinajstić information content (AvgIpc) is 2.73. The summed E-state index contributed by atoms with van der Waals surface area (Å²) in [6.07, 6.45) is -3.06. The monoisotopic (exact) mass is 402 g/mol. The van der Waals surface area contributed by atoms with Crippen LogP contribution in [-0.4, -0.2) is 42.2 Å². The molecule has 1 saturated heterocycles. The second kappa shape index (κ2) is 7.67.